The predicted molar refractivity (Wildman–Crippen MR) is 122 cm³/mol. The van der Waals surface area contributed by atoms with E-state index in [-0.39, 0.29) is 18.0 Å². The van der Waals surface area contributed by atoms with Gasteiger partial charge in [0, 0.05) is 6.42 Å². The molecule has 0 saturated heterocycles. The van der Waals surface area contributed by atoms with E-state index in [1.807, 2.05) is 0 Å². The standard InChI is InChI=1S/C24H31NO3S2/c1-15(16-7-8-16)20-10-9-17-5-4-6-21(17)22(20)12-19(26)14-30(25,28)23-11-18(13-29-23)24(2,3)27/h9-11,13,15-16,25,27H,4-8,12,14H2,1-3H3/t15-,30-/m0/s1. The number of ketones is 1. The monoisotopic (exact) mass is 445 g/mol. The molecule has 162 valence electrons. The molecule has 4 rings (SSSR count). The van der Waals surface area contributed by atoms with Gasteiger partial charge >= 0.3 is 0 Å². The molecule has 2 atom stereocenters. The summed E-state index contributed by atoms with van der Waals surface area (Å²) in [5.41, 5.74) is 4.69. The normalized spacial score (nSPS) is 19.3. The van der Waals surface area contributed by atoms with E-state index in [1.165, 1.54) is 40.9 Å². The van der Waals surface area contributed by atoms with Crippen LogP contribution in [0.15, 0.2) is 27.8 Å². The zero-order valence-electron chi connectivity index (χ0n) is 18.0. The van der Waals surface area contributed by atoms with Crippen LogP contribution in [-0.4, -0.2) is 20.9 Å². The Kier molecular flexibility index (Phi) is 5.71. The highest BCUT2D eigenvalue weighted by Crippen LogP contribution is 2.44. The summed E-state index contributed by atoms with van der Waals surface area (Å²) in [4.78, 5) is 13.0. The Morgan fingerprint density at radius 3 is 2.70 bits per heavy atom. The molecule has 30 heavy (non-hydrogen) atoms. The summed E-state index contributed by atoms with van der Waals surface area (Å²) in [7, 11) is -3.21. The minimum Gasteiger partial charge on any atom is -0.386 e. The van der Waals surface area contributed by atoms with Crippen LogP contribution in [0, 0.1) is 10.7 Å². The van der Waals surface area contributed by atoms with Crippen LogP contribution in [-0.2, 0) is 39.4 Å². The van der Waals surface area contributed by atoms with Gasteiger partial charge in [-0.25, -0.2) is 8.99 Å². The van der Waals surface area contributed by atoms with Crippen LogP contribution >= 0.6 is 11.3 Å². The van der Waals surface area contributed by atoms with Crippen molar-refractivity contribution in [2.24, 2.45) is 5.92 Å². The number of aryl methyl sites for hydroxylation is 1. The lowest BCUT2D eigenvalue weighted by Gasteiger charge is -2.20. The van der Waals surface area contributed by atoms with Gasteiger partial charge in [-0.3, -0.25) is 4.79 Å². The third kappa shape index (κ3) is 4.41. The Balaban J connectivity index is 1.57. The van der Waals surface area contributed by atoms with Crippen LogP contribution in [0.4, 0.5) is 0 Å². The fourth-order valence-electron chi connectivity index (χ4n) is 4.60. The van der Waals surface area contributed by atoms with Gasteiger partial charge in [0.05, 0.1) is 21.1 Å². The van der Waals surface area contributed by atoms with Gasteiger partial charge in [-0.15, -0.1) is 11.3 Å². The van der Waals surface area contributed by atoms with Crippen molar-refractivity contribution in [2.45, 2.75) is 75.0 Å². The molecular formula is C24H31NO3S2. The van der Waals surface area contributed by atoms with Crippen molar-refractivity contribution < 1.29 is 14.1 Å². The van der Waals surface area contributed by atoms with Crippen molar-refractivity contribution >= 4 is 26.8 Å². The molecule has 2 N–H and O–H groups in total. The highest BCUT2D eigenvalue weighted by atomic mass is 32.2. The fourth-order valence-corrected chi connectivity index (χ4v) is 7.36. The fraction of sp³-hybridized carbons (Fsp3) is 0.542. The van der Waals surface area contributed by atoms with E-state index in [0.717, 1.165) is 24.8 Å². The maximum absolute atomic E-state index is 13.1. The van der Waals surface area contributed by atoms with Crippen molar-refractivity contribution in [3.8, 4) is 0 Å². The minimum atomic E-state index is -3.21. The molecule has 1 fully saturated rings. The first-order chi connectivity index (χ1) is 14.1. The first-order valence-electron chi connectivity index (χ1n) is 10.8. The Hall–Kier alpha value is -1.50. The second kappa shape index (κ2) is 7.88. The lowest BCUT2D eigenvalue weighted by molar-refractivity contribution is -0.116. The number of thiophene rings is 1. The zero-order valence-corrected chi connectivity index (χ0v) is 19.6. The first-order valence-corrected chi connectivity index (χ1v) is 13.4. The molecule has 0 unspecified atom stereocenters. The molecule has 0 amide bonds. The summed E-state index contributed by atoms with van der Waals surface area (Å²) in [6, 6.07) is 6.07. The lowest BCUT2D eigenvalue weighted by Crippen LogP contribution is -2.19. The van der Waals surface area contributed by atoms with Crippen LogP contribution in [0.1, 0.15) is 73.8 Å². The Bertz CT molecular complexity index is 1070. The van der Waals surface area contributed by atoms with Gasteiger partial charge in [0.25, 0.3) is 0 Å². The van der Waals surface area contributed by atoms with E-state index in [0.29, 0.717) is 21.6 Å². The van der Waals surface area contributed by atoms with E-state index in [4.69, 9.17) is 4.78 Å². The summed E-state index contributed by atoms with van der Waals surface area (Å²) in [5.74, 6) is 0.772. The van der Waals surface area contributed by atoms with Crippen LogP contribution in [0.3, 0.4) is 0 Å². The molecule has 0 radical (unpaired) electrons. The lowest BCUT2D eigenvalue weighted by atomic mass is 9.86. The van der Waals surface area contributed by atoms with E-state index in [1.54, 1.807) is 25.3 Å². The van der Waals surface area contributed by atoms with E-state index < -0.39 is 15.3 Å². The maximum atomic E-state index is 13.1. The highest BCUT2D eigenvalue weighted by molar-refractivity contribution is 7.95. The molecule has 0 bridgehead atoms. The summed E-state index contributed by atoms with van der Waals surface area (Å²) in [6.45, 7) is 5.59. The van der Waals surface area contributed by atoms with E-state index >= 15 is 0 Å². The molecule has 1 aromatic carbocycles. The number of hydrogen-bond acceptors (Lipinski definition) is 5. The molecule has 6 heteroatoms. The molecule has 1 aromatic heterocycles. The van der Waals surface area contributed by atoms with Crippen molar-refractivity contribution in [2.75, 3.05) is 5.75 Å². The van der Waals surface area contributed by atoms with E-state index in [9.17, 15) is 14.1 Å². The predicted octanol–water partition coefficient (Wildman–Crippen LogP) is 5.20. The summed E-state index contributed by atoms with van der Waals surface area (Å²) < 4.78 is 21.8. The van der Waals surface area contributed by atoms with Crippen LogP contribution in [0.5, 0.6) is 0 Å². The first kappa shape index (κ1) is 21.7. The van der Waals surface area contributed by atoms with Gasteiger partial charge < -0.3 is 5.11 Å². The number of fused-ring (bicyclic) bond motifs is 1. The Labute approximate surface area is 183 Å². The summed E-state index contributed by atoms with van der Waals surface area (Å²) in [6.07, 6.45) is 6.00. The number of Topliss-reactive ketones (excluding diaryl/α,β-unsaturated/α-hetero) is 1. The second-order valence-electron chi connectivity index (χ2n) is 9.50. The third-order valence-electron chi connectivity index (χ3n) is 6.60. The van der Waals surface area contributed by atoms with Crippen LogP contribution < -0.4 is 0 Å². The SMILES string of the molecule is C[C@H](c1ccc2c(c1CC(=O)C[S@](=N)(=O)c1cc(C(C)(C)O)cs1)CCC2)C1CC1. The van der Waals surface area contributed by atoms with Crippen molar-refractivity contribution in [1.29, 1.82) is 4.78 Å². The zero-order chi connectivity index (χ0) is 21.7. The number of nitrogens with one attached hydrogen (secondary N) is 1. The largest absolute Gasteiger partial charge is 0.386 e. The van der Waals surface area contributed by atoms with Gasteiger partial charge in [-0.05, 0) is 97.1 Å². The van der Waals surface area contributed by atoms with Gasteiger partial charge in [-0.2, -0.15) is 0 Å². The molecule has 4 nitrogen and oxygen atoms in total. The quantitative estimate of drug-likeness (QED) is 0.586. The van der Waals surface area contributed by atoms with Gasteiger partial charge in [-0.1, -0.05) is 19.1 Å². The molecular weight excluding hydrogens is 414 g/mol. The number of aliphatic hydroxyl groups is 1. The van der Waals surface area contributed by atoms with E-state index in [2.05, 4.69) is 19.1 Å². The average molecular weight is 446 g/mol. The molecule has 1 saturated carbocycles. The van der Waals surface area contributed by atoms with Crippen molar-refractivity contribution in [1.82, 2.24) is 0 Å². The second-order valence-corrected chi connectivity index (χ2v) is 12.7. The Morgan fingerprint density at radius 1 is 1.33 bits per heavy atom. The Morgan fingerprint density at radius 2 is 2.07 bits per heavy atom. The minimum absolute atomic E-state index is 0.127. The number of hydrogen-bond donors (Lipinski definition) is 2. The molecule has 0 spiro atoms. The number of rotatable bonds is 8. The molecule has 2 aliphatic carbocycles. The summed E-state index contributed by atoms with van der Waals surface area (Å²) >= 11 is 1.20. The molecule has 0 aliphatic heterocycles. The molecule has 1 heterocycles. The molecule has 2 aliphatic rings. The van der Waals surface area contributed by atoms with Gasteiger partial charge in [0.2, 0.25) is 0 Å². The maximum Gasteiger partial charge on any atom is 0.151 e. The summed E-state index contributed by atoms with van der Waals surface area (Å²) in [5, 5.41) is 11.9. The smallest absolute Gasteiger partial charge is 0.151 e. The van der Waals surface area contributed by atoms with Gasteiger partial charge in [0.1, 0.15) is 4.21 Å². The van der Waals surface area contributed by atoms with Gasteiger partial charge in [0.15, 0.2) is 5.78 Å². The molecule has 2 aromatic rings. The third-order valence-corrected chi connectivity index (χ3v) is 9.92. The van der Waals surface area contributed by atoms with Crippen LogP contribution in [0.2, 0.25) is 0 Å². The number of carbonyl (C=O) groups is 1. The van der Waals surface area contributed by atoms with Crippen molar-refractivity contribution in [3.05, 3.63) is 51.4 Å². The van der Waals surface area contributed by atoms with Crippen LogP contribution in [0.25, 0.3) is 0 Å². The number of benzene rings is 1. The average Bonchev–Trinajstić information content (AvgIpc) is 3.16. The number of carbonyl (C=O) groups excluding carboxylic acids is 1. The van der Waals surface area contributed by atoms with Crippen molar-refractivity contribution in [3.63, 3.8) is 0 Å². The highest BCUT2D eigenvalue weighted by Gasteiger charge is 2.32. The topological polar surface area (TPSA) is 78.2 Å².